The first kappa shape index (κ1) is 15.0. The van der Waals surface area contributed by atoms with Crippen LogP contribution < -0.4 is 10.6 Å². The highest BCUT2D eigenvalue weighted by Gasteiger charge is 2.29. The maximum atomic E-state index is 12.0. The lowest BCUT2D eigenvalue weighted by Crippen LogP contribution is -2.31. The average molecular weight is 302 g/mol. The topological polar surface area (TPSA) is 67.4 Å². The van der Waals surface area contributed by atoms with Crippen molar-refractivity contribution in [2.45, 2.75) is 38.3 Å². The summed E-state index contributed by atoms with van der Waals surface area (Å²) in [6.45, 7) is 1.88. The Morgan fingerprint density at radius 1 is 1.09 bits per heavy atom. The summed E-state index contributed by atoms with van der Waals surface area (Å²) in [6, 6.07) is 7.36. The van der Waals surface area contributed by atoms with E-state index in [1.165, 1.54) is 0 Å². The normalized spacial score (nSPS) is 20.6. The largest absolute Gasteiger partial charge is 0.376 e. The Hall–Kier alpha value is -1.88. The molecule has 5 heteroatoms. The van der Waals surface area contributed by atoms with Gasteiger partial charge >= 0.3 is 0 Å². The summed E-state index contributed by atoms with van der Waals surface area (Å²) in [5.74, 6) is 0.283. The van der Waals surface area contributed by atoms with Crippen molar-refractivity contribution in [1.29, 1.82) is 0 Å². The van der Waals surface area contributed by atoms with Crippen molar-refractivity contribution < 1.29 is 14.3 Å². The number of ether oxygens (including phenoxy) is 1. The van der Waals surface area contributed by atoms with E-state index < -0.39 is 0 Å². The summed E-state index contributed by atoms with van der Waals surface area (Å²) in [5, 5.41) is 5.82. The molecule has 1 aromatic rings. The van der Waals surface area contributed by atoms with Gasteiger partial charge in [0.25, 0.3) is 5.91 Å². The smallest absolute Gasteiger partial charge is 0.251 e. The predicted octanol–water partition coefficient (Wildman–Crippen LogP) is 1.62. The second-order valence-electron chi connectivity index (χ2n) is 6.03. The Labute approximate surface area is 130 Å². The summed E-state index contributed by atoms with van der Waals surface area (Å²) in [7, 11) is 0. The van der Waals surface area contributed by atoms with Gasteiger partial charge in [0.05, 0.1) is 6.10 Å². The monoisotopic (exact) mass is 302 g/mol. The molecule has 1 unspecified atom stereocenters. The van der Waals surface area contributed by atoms with E-state index in [9.17, 15) is 9.59 Å². The zero-order valence-corrected chi connectivity index (χ0v) is 12.6. The Kier molecular flexibility index (Phi) is 4.73. The molecule has 2 fully saturated rings. The van der Waals surface area contributed by atoms with Crippen LogP contribution in [0.5, 0.6) is 0 Å². The van der Waals surface area contributed by atoms with Crippen LogP contribution in [0.4, 0.5) is 0 Å². The van der Waals surface area contributed by atoms with Gasteiger partial charge in [-0.2, -0.15) is 0 Å². The molecular formula is C17H22N2O3. The zero-order chi connectivity index (χ0) is 15.4. The Bertz CT molecular complexity index is 531. The summed E-state index contributed by atoms with van der Waals surface area (Å²) in [4.78, 5) is 23.6. The lowest BCUT2D eigenvalue weighted by molar-refractivity contribution is -0.122. The van der Waals surface area contributed by atoms with E-state index >= 15 is 0 Å². The maximum absolute atomic E-state index is 12.0. The second kappa shape index (κ2) is 6.92. The molecule has 1 atom stereocenters. The molecule has 1 aliphatic heterocycles. The summed E-state index contributed by atoms with van der Waals surface area (Å²) >= 11 is 0. The van der Waals surface area contributed by atoms with Crippen molar-refractivity contribution in [2.24, 2.45) is 5.92 Å². The number of carbonyl (C=O) groups excluding carboxylic acids is 2. The highest BCUT2D eigenvalue weighted by atomic mass is 16.5. The standard InChI is InChI=1S/C17H22N2O3/c20-16(14-7-8-14)18-10-12-3-5-13(6-4-12)17(21)19-11-15-2-1-9-22-15/h3-6,14-15H,1-2,7-11H2,(H,18,20)(H,19,21). The number of nitrogens with one attached hydrogen (secondary N) is 2. The van der Waals surface area contributed by atoms with Gasteiger partial charge in [0, 0.05) is 31.2 Å². The fourth-order valence-electron chi connectivity index (χ4n) is 2.57. The third kappa shape index (κ3) is 4.07. The number of hydrogen-bond acceptors (Lipinski definition) is 3. The van der Waals surface area contributed by atoms with Crippen molar-refractivity contribution in [3.05, 3.63) is 35.4 Å². The molecule has 22 heavy (non-hydrogen) atoms. The van der Waals surface area contributed by atoms with Gasteiger partial charge < -0.3 is 15.4 Å². The Balaban J connectivity index is 1.45. The van der Waals surface area contributed by atoms with Crippen molar-refractivity contribution in [3.8, 4) is 0 Å². The molecule has 1 aliphatic carbocycles. The molecule has 2 N–H and O–H groups in total. The van der Waals surface area contributed by atoms with Crippen LogP contribution in [0.1, 0.15) is 41.6 Å². The number of hydrogen-bond donors (Lipinski definition) is 2. The van der Waals surface area contributed by atoms with E-state index in [-0.39, 0.29) is 23.8 Å². The van der Waals surface area contributed by atoms with E-state index in [2.05, 4.69) is 10.6 Å². The highest BCUT2D eigenvalue weighted by Crippen LogP contribution is 2.28. The number of benzene rings is 1. The molecule has 5 nitrogen and oxygen atoms in total. The van der Waals surface area contributed by atoms with E-state index in [0.717, 1.165) is 37.9 Å². The minimum absolute atomic E-state index is 0.0796. The van der Waals surface area contributed by atoms with E-state index in [4.69, 9.17) is 4.74 Å². The molecule has 1 aromatic carbocycles. The van der Waals surface area contributed by atoms with Crippen molar-refractivity contribution in [2.75, 3.05) is 13.2 Å². The van der Waals surface area contributed by atoms with E-state index in [1.807, 2.05) is 12.1 Å². The highest BCUT2D eigenvalue weighted by molar-refractivity contribution is 5.94. The third-order valence-electron chi connectivity index (χ3n) is 4.15. The van der Waals surface area contributed by atoms with Crippen molar-refractivity contribution in [3.63, 3.8) is 0 Å². The SMILES string of the molecule is O=C(NCC1CCCO1)c1ccc(CNC(=O)C2CC2)cc1. The molecule has 2 aliphatic rings. The van der Waals surface area contributed by atoms with Gasteiger partial charge in [-0.25, -0.2) is 0 Å². The van der Waals surface area contributed by atoms with Crippen LogP contribution >= 0.6 is 0 Å². The minimum atomic E-state index is -0.0796. The molecular weight excluding hydrogens is 280 g/mol. The predicted molar refractivity (Wildman–Crippen MR) is 82.3 cm³/mol. The van der Waals surface area contributed by atoms with Crippen LogP contribution in [0.3, 0.4) is 0 Å². The summed E-state index contributed by atoms with van der Waals surface area (Å²) < 4.78 is 5.48. The molecule has 2 amide bonds. The molecule has 0 aromatic heterocycles. The molecule has 118 valence electrons. The van der Waals surface area contributed by atoms with Gasteiger partial charge in [0.15, 0.2) is 0 Å². The summed E-state index contributed by atoms with van der Waals surface area (Å²) in [6.07, 6.45) is 4.26. The first-order valence-corrected chi connectivity index (χ1v) is 7.99. The molecule has 3 rings (SSSR count). The van der Waals surface area contributed by atoms with Gasteiger partial charge in [-0.15, -0.1) is 0 Å². The minimum Gasteiger partial charge on any atom is -0.376 e. The Morgan fingerprint density at radius 3 is 2.50 bits per heavy atom. The molecule has 0 spiro atoms. The number of rotatable bonds is 6. The van der Waals surface area contributed by atoms with Gasteiger partial charge in [-0.1, -0.05) is 12.1 Å². The molecule has 1 saturated heterocycles. The number of amides is 2. The van der Waals surface area contributed by atoms with Gasteiger partial charge in [-0.05, 0) is 43.4 Å². The number of carbonyl (C=O) groups is 2. The van der Waals surface area contributed by atoms with E-state index in [1.54, 1.807) is 12.1 Å². The molecule has 1 saturated carbocycles. The molecule has 0 radical (unpaired) electrons. The van der Waals surface area contributed by atoms with Crippen LogP contribution in [0.2, 0.25) is 0 Å². The third-order valence-corrected chi connectivity index (χ3v) is 4.15. The average Bonchev–Trinajstić information content (AvgIpc) is 3.27. The van der Waals surface area contributed by atoms with Crippen LogP contribution in [-0.2, 0) is 16.1 Å². The van der Waals surface area contributed by atoms with Crippen LogP contribution in [0.25, 0.3) is 0 Å². The van der Waals surface area contributed by atoms with Crippen molar-refractivity contribution in [1.82, 2.24) is 10.6 Å². The second-order valence-corrected chi connectivity index (χ2v) is 6.03. The quantitative estimate of drug-likeness (QED) is 0.839. The van der Waals surface area contributed by atoms with Crippen molar-refractivity contribution >= 4 is 11.8 Å². The molecule has 1 heterocycles. The van der Waals surface area contributed by atoms with Crippen LogP contribution in [-0.4, -0.2) is 31.1 Å². The zero-order valence-electron chi connectivity index (χ0n) is 12.6. The fraction of sp³-hybridized carbons (Fsp3) is 0.529. The maximum Gasteiger partial charge on any atom is 0.251 e. The van der Waals surface area contributed by atoms with Crippen LogP contribution in [0, 0.1) is 5.92 Å². The first-order chi connectivity index (χ1) is 10.7. The van der Waals surface area contributed by atoms with Gasteiger partial charge in [-0.3, -0.25) is 9.59 Å². The Morgan fingerprint density at radius 2 is 1.86 bits per heavy atom. The first-order valence-electron chi connectivity index (χ1n) is 7.99. The van der Waals surface area contributed by atoms with Crippen LogP contribution in [0.15, 0.2) is 24.3 Å². The fourth-order valence-corrected chi connectivity index (χ4v) is 2.57. The van der Waals surface area contributed by atoms with Gasteiger partial charge in [0.1, 0.15) is 0 Å². The lowest BCUT2D eigenvalue weighted by Gasteiger charge is -2.11. The summed E-state index contributed by atoms with van der Waals surface area (Å²) in [5.41, 5.74) is 1.64. The van der Waals surface area contributed by atoms with E-state index in [0.29, 0.717) is 18.7 Å². The molecule has 0 bridgehead atoms. The lowest BCUT2D eigenvalue weighted by atomic mass is 10.1. The van der Waals surface area contributed by atoms with Gasteiger partial charge in [0.2, 0.25) is 5.91 Å².